The van der Waals surface area contributed by atoms with Crippen LogP contribution in [0, 0.1) is 0 Å². The van der Waals surface area contributed by atoms with Crippen LogP contribution in [0.1, 0.15) is 65.4 Å². The molecular weight excluding hydrogens is 246 g/mol. The molecule has 0 spiro atoms. The topological polar surface area (TPSA) is 20.3 Å². The van der Waals surface area contributed by atoms with Crippen molar-refractivity contribution >= 4 is 11.6 Å². The standard InChI is InChI=1S/C18H27NO/c1-5-6-7-8-13-17(20)19-14(2)18(3,4)15-11-9-10-12-16(15)19/h9-12,14H,5-8,13H2,1-4H3. The van der Waals surface area contributed by atoms with E-state index in [1.165, 1.54) is 18.4 Å². The molecule has 1 aliphatic heterocycles. The van der Waals surface area contributed by atoms with Gasteiger partial charge >= 0.3 is 0 Å². The summed E-state index contributed by atoms with van der Waals surface area (Å²) in [6, 6.07) is 8.59. The quantitative estimate of drug-likeness (QED) is 0.714. The molecule has 110 valence electrons. The molecule has 1 aliphatic rings. The summed E-state index contributed by atoms with van der Waals surface area (Å²) in [7, 11) is 0. The van der Waals surface area contributed by atoms with Crippen LogP contribution < -0.4 is 4.90 Å². The predicted molar refractivity (Wildman–Crippen MR) is 85.2 cm³/mol. The average molecular weight is 273 g/mol. The summed E-state index contributed by atoms with van der Waals surface area (Å²) in [5, 5.41) is 0. The Bertz CT molecular complexity index is 478. The second kappa shape index (κ2) is 5.99. The van der Waals surface area contributed by atoms with Gasteiger partial charge in [0.05, 0.1) is 0 Å². The number of carbonyl (C=O) groups is 1. The SMILES string of the molecule is CCCCCCC(=O)N1c2ccccc2C(C)(C)C1C. The number of rotatable bonds is 5. The van der Waals surface area contributed by atoms with Gasteiger partial charge in [0.15, 0.2) is 0 Å². The molecule has 1 unspecified atom stereocenters. The molecule has 20 heavy (non-hydrogen) atoms. The number of unbranched alkanes of at least 4 members (excludes halogenated alkanes) is 3. The second-order valence-electron chi connectivity index (χ2n) is 6.49. The number of fused-ring (bicyclic) bond motifs is 1. The smallest absolute Gasteiger partial charge is 0.227 e. The Labute approximate surface area is 123 Å². The zero-order valence-electron chi connectivity index (χ0n) is 13.3. The van der Waals surface area contributed by atoms with Gasteiger partial charge in [0, 0.05) is 23.6 Å². The lowest BCUT2D eigenvalue weighted by Crippen LogP contribution is -2.42. The van der Waals surface area contributed by atoms with Gasteiger partial charge in [-0.2, -0.15) is 0 Å². The lowest BCUT2D eigenvalue weighted by atomic mass is 9.81. The number of para-hydroxylation sites is 1. The van der Waals surface area contributed by atoms with E-state index in [0.717, 1.165) is 18.5 Å². The summed E-state index contributed by atoms with van der Waals surface area (Å²) >= 11 is 0. The highest BCUT2D eigenvalue weighted by Crippen LogP contribution is 2.45. The molecule has 0 fully saturated rings. The van der Waals surface area contributed by atoms with Crippen LogP contribution in [0.4, 0.5) is 5.69 Å². The van der Waals surface area contributed by atoms with Gasteiger partial charge in [-0.15, -0.1) is 0 Å². The summed E-state index contributed by atoms with van der Waals surface area (Å²) < 4.78 is 0. The highest BCUT2D eigenvalue weighted by atomic mass is 16.2. The Hall–Kier alpha value is -1.31. The first-order chi connectivity index (χ1) is 9.50. The molecule has 0 radical (unpaired) electrons. The van der Waals surface area contributed by atoms with Crippen molar-refractivity contribution in [3.8, 4) is 0 Å². The van der Waals surface area contributed by atoms with E-state index >= 15 is 0 Å². The van der Waals surface area contributed by atoms with Crippen molar-refractivity contribution in [2.75, 3.05) is 4.90 Å². The number of nitrogens with zero attached hydrogens (tertiary/aromatic N) is 1. The normalized spacial score (nSPS) is 20.0. The molecule has 0 aliphatic carbocycles. The first-order valence-corrected chi connectivity index (χ1v) is 7.91. The lowest BCUT2D eigenvalue weighted by molar-refractivity contribution is -0.119. The van der Waals surface area contributed by atoms with Gasteiger partial charge in [0.25, 0.3) is 0 Å². The lowest BCUT2D eigenvalue weighted by Gasteiger charge is -2.30. The summed E-state index contributed by atoms with van der Waals surface area (Å²) in [5.41, 5.74) is 2.45. The van der Waals surface area contributed by atoms with Gasteiger partial charge in [-0.1, -0.05) is 58.2 Å². The maximum Gasteiger partial charge on any atom is 0.227 e. The van der Waals surface area contributed by atoms with Gasteiger partial charge in [0.1, 0.15) is 0 Å². The van der Waals surface area contributed by atoms with Crippen molar-refractivity contribution < 1.29 is 4.79 Å². The zero-order chi connectivity index (χ0) is 14.8. The molecule has 0 N–H and O–H groups in total. The van der Waals surface area contributed by atoms with E-state index in [0.29, 0.717) is 6.42 Å². The number of amides is 1. The molecule has 1 aromatic carbocycles. The maximum atomic E-state index is 12.6. The molecule has 1 atom stereocenters. The van der Waals surface area contributed by atoms with Crippen LogP contribution in [0.5, 0.6) is 0 Å². The first kappa shape index (κ1) is 15.1. The third kappa shape index (κ3) is 2.61. The summed E-state index contributed by atoms with van der Waals surface area (Å²) in [5.74, 6) is 0.284. The summed E-state index contributed by atoms with van der Waals surface area (Å²) in [6.45, 7) is 8.84. The van der Waals surface area contributed by atoms with Crippen LogP contribution in [0.25, 0.3) is 0 Å². The predicted octanol–water partition coefficient (Wildman–Crippen LogP) is 4.67. The third-order valence-corrected chi connectivity index (χ3v) is 4.80. The van der Waals surface area contributed by atoms with Crippen molar-refractivity contribution in [1.29, 1.82) is 0 Å². The molecule has 2 rings (SSSR count). The number of anilines is 1. The molecule has 2 heteroatoms. The van der Waals surface area contributed by atoms with Crippen molar-refractivity contribution in [1.82, 2.24) is 0 Å². The van der Waals surface area contributed by atoms with E-state index in [2.05, 4.69) is 45.9 Å². The van der Waals surface area contributed by atoms with Crippen LogP contribution in [-0.2, 0) is 10.2 Å². The summed E-state index contributed by atoms with van der Waals surface area (Å²) in [4.78, 5) is 14.6. The Morgan fingerprint density at radius 3 is 2.60 bits per heavy atom. The van der Waals surface area contributed by atoms with Gasteiger partial charge in [0.2, 0.25) is 5.91 Å². The summed E-state index contributed by atoms with van der Waals surface area (Å²) in [6.07, 6.45) is 5.29. The van der Waals surface area contributed by atoms with Gasteiger partial charge in [-0.05, 0) is 25.0 Å². The number of carbonyl (C=O) groups excluding carboxylic acids is 1. The Balaban J connectivity index is 2.14. The zero-order valence-corrected chi connectivity index (χ0v) is 13.3. The monoisotopic (exact) mass is 273 g/mol. The van der Waals surface area contributed by atoms with Crippen LogP contribution in [0.2, 0.25) is 0 Å². The van der Waals surface area contributed by atoms with Gasteiger partial charge in [-0.3, -0.25) is 4.79 Å². The van der Waals surface area contributed by atoms with Crippen molar-refractivity contribution in [3.05, 3.63) is 29.8 Å². The van der Waals surface area contributed by atoms with E-state index in [1.54, 1.807) is 0 Å². The van der Waals surface area contributed by atoms with Gasteiger partial charge in [-0.25, -0.2) is 0 Å². The maximum absolute atomic E-state index is 12.6. The number of hydrogen-bond acceptors (Lipinski definition) is 1. The van der Waals surface area contributed by atoms with Crippen molar-refractivity contribution in [2.24, 2.45) is 0 Å². The second-order valence-corrected chi connectivity index (χ2v) is 6.49. The fourth-order valence-corrected chi connectivity index (χ4v) is 3.16. The van der Waals surface area contributed by atoms with E-state index in [1.807, 2.05) is 11.0 Å². The minimum atomic E-state index is 0.0374. The minimum Gasteiger partial charge on any atom is -0.308 e. The first-order valence-electron chi connectivity index (χ1n) is 7.91. The average Bonchev–Trinajstić information content (AvgIpc) is 2.63. The number of hydrogen-bond donors (Lipinski definition) is 0. The van der Waals surface area contributed by atoms with Crippen molar-refractivity contribution in [2.45, 2.75) is 71.3 Å². The Kier molecular flexibility index (Phi) is 4.52. The van der Waals surface area contributed by atoms with Gasteiger partial charge < -0.3 is 4.90 Å². The third-order valence-electron chi connectivity index (χ3n) is 4.80. The molecule has 1 aromatic rings. The Morgan fingerprint density at radius 1 is 1.20 bits per heavy atom. The molecule has 0 aromatic heterocycles. The molecule has 1 heterocycles. The molecule has 0 saturated carbocycles. The largest absolute Gasteiger partial charge is 0.308 e. The fourth-order valence-electron chi connectivity index (χ4n) is 3.16. The van der Waals surface area contributed by atoms with Crippen LogP contribution in [-0.4, -0.2) is 11.9 Å². The fraction of sp³-hybridized carbons (Fsp3) is 0.611. The van der Waals surface area contributed by atoms with Crippen LogP contribution in [0.15, 0.2) is 24.3 Å². The molecule has 1 amide bonds. The number of benzene rings is 1. The van der Waals surface area contributed by atoms with E-state index in [9.17, 15) is 4.79 Å². The molecule has 0 bridgehead atoms. The molecule has 0 saturated heterocycles. The Morgan fingerprint density at radius 2 is 1.90 bits per heavy atom. The highest BCUT2D eigenvalue weighted by molar-refractivity contribution is 5.97. The van der Waals surface area contributed by atoms with Crippen molar-refractivity contribution in [3.63, 3.8) is 0 Å². The molecular formula is C18H27NO. The highest BCUT2D eigenvalue weighted by Gasteiger charge is 2.43. The van der Waals surface area contributed by atoms with E-state index in [-0.39, 0.29) is 17.4 Å². The molecule has 2 nitrogen and oxygen atoms in total. The van der Waals surface area contributed by atoms with Crippen LogP contribution in [0.3, 0.4) is 0 Å². The van der Waals surface area contributed by atoms with E-state index in [4.69, 9.17) is 0 Å². The minimum absolute atomic E-state index is 0.0374. The van der Waals surface area contributed by atoms with Crippen LogP contribution >= 0.6 is 0 Å². The van der Waals surface area contributed by atoms with E-state index < -0.39 is 0 Å².